The Balaban J connectivity index is 2.18. The first-order valence-corrected chi connectivity index (χ1v) is 8.12. The van der Waals surface area contributed by atoms with Crippen molar-refractivity contribution in [3.8, 4) is 5.75 Å². The van der Waals surface area contributed by atoms with E-state index in [-0.39, 0.29) is 5.78 Å². The van der Waals surface area contributed by atoms with E-state index in [0.29, 0.717) is 16.3 Å². The molecule has 0 heterocycles. The molecule has 0 aromatic heterocycles. The van der Waals surface area contributed by atoms with Gasteiger partial charge in [0.2, 0.25) is 0 Å². The molecule has 0 aliphatic heterocycles. The maximum atomic E-state index is 12.2. The van der Waals surface area contributed by atoms with Crippen LogP contribution in [-0.4, -0.2) is 27.0 Å². The Bertz CT molecular complexity index is 757. The Morgan fingerprint density at radius 3 is 2.52 bits per heavy atom. The van der Waals surface area contributed by atoms with E-state index < -0.39 is 0 Å². The molecule has 0 amide bonds. The number of carbonyl (C=O) groups excluding carboxylic acids is 1. The van der Waals surface area contributed by atoms with Crippen LogP contribution < -0.4 is 9.64 Å². The van der Waals surface area contributed by atoms with Gasteiger partial charge in [0, 0.05) is 19.7 Å². The molecule has 0 aliphatic carbocycles. The van der Waals surface area contributed by atoms with Gasteiger partial charge in [-0.3, -0.25) is 4.79 Å². The Kier molecular flexibility index (Phi) is 5.85. The first-order valence-electron chi connectivity index (χ1n) is 6.95. The minimum Gasteiger partial charge on any atom is -0.496 e. The summed E-state index contributed by atoms with van der Waals surface area (Å²) in [7, 11) is 5.45. The molecule has 0 N–H and O–H groups in total. The topological polar surface area (TPSA) is 29.5 Å². The molecular weight excluding hydrogens is 378 g/mol. The highest BCUT2D eigenvalue weighted by molar-refractivity contribution is 9.10. The van der Waals surface area contributed by atoms with Gasteiger partial charge >= 0.3 is 0 Å². The van der Waals surface area contributed by atoms with Gasteiger partial charge < -0.3 is 9.64 Å². The standard InChI is InChI=1S/C18H17BrClNO2/c1-21(2)16-7-4-12(10-15(16)20)5-8-17(22)13-6-9-18(23-3)14(19)11-13/h4-11H,1-3H3/b8-5+. The second-order valence-corrected chi connectivity index (χ2v) is 6.41. The van der Waals surface area contributed by atoms with Gasteiger partial charge in [-0.2, -0.15) is 0 Å². The van der Waals surface area contributed by atoms with Gasteiger partial charge in [-0.05, 0) is 57.9 Å². The van der Waals surface area contributed by atoms with Gasteiger partial charge in [-0.25, -0.2) is 0 Å². The Hall–Kier alpha value is -1.78. The van der Waals surface area contributed by atoms with Crippen molar-refractivity contribution in [3.05, 3.63) is 63.1 Å². The SMILES string of the molecule is COc1ccc(C(=O)/C=C/c2ccc(N(C)C)c(Cl)c2)cc1Br. The summed E-state index contributed by atoms with van der Waals surface area (Å²) < 4.78 is 5.91. The van der Waals surface area contributed by atoms with Gasteiger partial charge in [0.05, 0.1) is 22.3 Å². The second-order valence-electron chi connectivity index (χ2n) is 5.15. The third-order valence-electron chi connectivity index (χ3n) is 3.32. The van der Waals surface area contributed by atoms with Crippen LogP contribution in [0.4, 0.5) is 5.69 Å². The lowest BCUT2D eigenvalue weighted by Crippen LogP contribution is -2.08. The Labute approximate surface area is 149 Å². The van der Waals surface area contributed by atoms with Crippen LogP contribution in [-0.2, 0) is 0 Å². The molecule has 0 bridgehead atoms. The number of ether oxygens (including phenoxy) is 1. The summed E-state index contributed by atoms with van der Waals surface area (Å²) in [5.74, 6) is 0.609. The Morgan fingerprint density at radius 2 is 1.96 bits per heavy atom. The fourth-order valence-corrected chi connectivity index (χ4v) is 2.98. The molecule has 0 saturated carbocycles. The number of halogens is 2. The van der Waals surface area contributed by atoms with E-state index in [2.05, 4.69) is 15.9 Å². The van der Waals surface area contributed by atoms with Crippen molar-refractivity contribution in [1.29, 1.82) is 0 Å². The predicted octanol–water partition coefficient (Wildman–Crippen LogP) is 5.07. The maximum Gasteiger partial charge on any atom is 0.185 e. The summed E-state index contributed by atoms with van der Waals surface area (Å²) in [6.45, 7) is 0. The second kappa shape index (κ2) is 7.66. The van der Waals surface area contributed by atoms with Crippen LogP contribution in [0, 0.1) is 0 Å². The third kappa shape index (κ3) is 4.36. The van der Waals surface area contributed by atoms with E-state index in [0.717, 1.165) is 15.7 Å². The molecule has 0 radical (unpaired) electrons. The molecule has 0 saturated heterocycles. The molecule has 0 fully saturated rings. The maximum absolute atomic E-state index is 12.2. The van der Waals surface area contributed by atoms with Crippen LogP contribution in [0.1, 0.15) is 15.9 Å². The minimum absolute atomic E-state index is 0.0823. The van der Waals surface area contributed by atoms with Crippen LogP contribution in [0.15, 0.2) is 46.9 Å². The molecule has 3 nitrogen and oxygen atoms in total. The lowest BCUT2D eigenvalue weighted by atomic mass is 10.1. The van der Waals surface area contributed by atoms with E-state index in [1.54, 1.807) is 31.4 Å². The number of methoxy groups -OCH3 is 1. The van der Waals surface area contributed by atoms with Crippen LogP contribution in [0.5, 0.6) is 5.75 Å². The molecule has 2 aromatic carbocycles. The van der Waals surface area contributed by atoms with Crippen molar-refractivity contribution in [2.75, 3.05) is 26.1 Å². The first-order chi connectivity index (χ1) is 10.9. The predicted molar refractivity (Wildman–Crippen MR) is 99.8 cm³/mol. The molecule has 120 valence electrons. The zero-order valence-electron chi connectivity index (χ0n) is 13.1. The van der Waals surface area contributed by atoms with Crippen molar-refractivity contribution in [2.45, 2.75) is 0 Å². The number of hydrogen-bond acceptors (Lipinski definition) is 3. The zero-order chi connectivity index (χ0) is 17.0. The van der Waals surface area contributed by atoms with Gasteiger partial charge in [-0.15, -0.1) is 0 Å². The van der Waals surface area contributed by atoms with Crippen LogP contribution in [0.3, 0.4) is 0 Å². The van der Waals surface area contributed by atoms with E-state index in [4.69, 9.17) is 16.3 Å². The van der Waals surface area contributed by atoms with E-state index in [1.165, 1.54) is 6.08 Å². The van der Waals surface area contributed by atoms with Gasteiger partial charge in [-0.1, -0.05) is 23.7 Å². The average Bonchev–Trinajstić information content (AvgIpc) is 2.52. The molecule has 23 heavy (non-hydrogen) atoms. The van der Waals surface area contributed by atoms with E-state index in [1.807, 2.05) is 37.2 Å². The first kappa shape index (κ1) is 17.6. The lowest BCUT2D eigenvalue weighted by molar-refractivity contribution is 0.104. The average molecular weight is 395 g/mol. The zero-order valence-corrected chi connectivity index (χ0v) is 15.5. The number of anilines is 1. The van der Waals surface area contributed by atoms with E-state index in [9.17, 15) is 4.79 Å². The molecule has 2 rings (SSSR count). The number of rotatable bonds is 5. The quantitative estimate of drug-likeness (QED) is 0.523. The summed E-state index contributed by atoms with van der Waals surface area (Å²) in [6.07, 6.45) is 3.29. The van der Waals surface area contributed by atoms with Crippen LogP contribution >= 0.6 is 27.5 Å². The van der Waals surface area contributed by atoms with Crippen molar-refractivity contribution in [3.63, 3.8) is 0 Å². The molecular formula is C18H17BrClNO2. The molecule has 5 heteroatoms. The highest BCUT2D eigenvalue weighted by atomic mass is 79.9. The molecule has 2 aromatic rings. The largest absolute Gasteiger partial charge is 0.496 e. The number of hydrogen-bond donors (Lipinski definition) is 0. The smallest absolute Gasteiger partial charge is 0.185 e. The van der Waals surface area contributed by atoms with Gasteiger partial charge in [0.15, 0.2) is 5.78 Å². The summed E-state index contributed by atoms with van der Waals surface area (Å²) >= 11 is 9.61. The van der Waals surface area contributed by atoms with Crippen molar-refractivity contribution < 1.29 is 9.53 Å². The van der Waals surface area contributed by atoms with Crippen molar-refractivity contribution in [2.24, 2.45) is 0 Å². The molecule has 0 spiro atoms. The van der Waals surface area contributed by atoms with Crippen LogP contribution in [0.2, 0.25) is 5.02 Å². The number of carbonyl (C=O) groups is 1. The normalized spacial score (nSPS) is 10.8. The summed E-state index contributed by atoms with van der Waals surface area (Å²) in [5.41, 5.74) is 2.40. The molecule has 0 unspecified atom stereocenters. The highest BCUT2D eigenvalue weighted by Crippen LogP contribution is 2.27. The number of benzene rings is 2. The molecule has 0 atom stereocenters. The fraction of sp³-hybridized carbons (Fsp3) is 0.167. The number of ketones is 1. The Morgan fingerprint density at radius 1 is 1.22 bits per heavy atom. The van der Waals surface area contributed by atoms with Gasteiger partial charge in [0.1, 0.15) is 5.75 Å². The number of allylic oxidation sites excluding steroid dienone is 1. The minimum atomic E-state index is -0.0823. The third-order valence-corrected chi connectivity index (χ3v) is 4.24. The summed E-state index contributed by atoms with van der Waals surface area (Å²) in [5, 5.41) is 0.650. The summed E-state index contributed by atoms with van der Waals surface area (Å²) in [4.78, 5) is 14.2. The highest BCUT2D eigenvalue weighted by Gasteiger charge is 2.07. The molecule has 0 aliphatic rings. The van der Waals surface area contributed by atoms with E-state index >= 15 is 0 Å². The monoisotopic (exact) mass is 393 g/mol. The van der Waals surface area contributed by atoms with Gasteiger partial charge in [0.25, 0.3) is 0 Å². The van der Waals surface area contributed by atoms with Crippen LogP contribution in [0.25, 0.3) is 6.08 Å². The number of nitrogens with zero attached hydrogens (tertiary/aromatic N) is 1. The summed E-state index contributed by atoms with van der Waals surface area (Å²) in [6, 6.07) is 10.9. The van der Waals surface area contributed by atoms with Crippen molar-refractivity contribution >= 4 is 45.1 Å². The lowest BCUT2D eigenvalue weighted by Gasteiger charge is -2.14. The van der Waals surface area contributed by atoms with Crippen molar-refractivity contribution in [1.82, 2.24) is 0 Å². The fourth-order valence-electron chi connectivity index (χ4n) is 2.08.